The molecule has 78 valence electrons. The Balaban J connectivity index is 2.49. The first kappa shape index (κ1) is 10.9. The normalized spacial score (nSPS) is 11.2. The monoisotopic (exact) mass is 218 g/mol. The number of pyridine rings is 1. The predicted molar refractivity (Wildman–Crippen MR) is 49.5 cm³/mol. The Morgan fingerprint density at radius 2 is 2.07 bits per heavy atom. The maximum absolute atomic E-state index is 10.9. The van der Waals surface area contributed by atoms with Crippen LogP contribution in [0.1, 0.15) is 6.92 Å². The molecule has 7 heteroatoms. The molecule has 0 saturated heterocycles. The van der Waals surface area contributed by atoms with Crippen molar-refractivity contribution in [3.8, 4) is 0 Å². The van der Waals surface area contributed by atoms with Gasteiger partial charge in [0.25, 0.3) is 0 Å². The van der Waals surface area contributed by atoms with Crippen molar-refractivity contribution in [2.45, 2.75) is 6.92 Å². The summed E-state index contributed by atoms with van der Waals surface area (Å²) < 4.78 is 30.4. The second-order valence-corrected chi connectivity index (χ2v) is 3.45. The van der Waals surface area contributed by atoms with Gasteiger partial charge < -0.3 is 0 Å². The van der Waals surface area contributed by atoms with Gasteiger partial charge in [-0.1, -0.05) is 0 Å². The third-order valence-corrected chi connectivity index (χ3v) is 2.02. The van der Waals surface area contributed by atoms with E-state index in [9.17, 15) is 8.42 Å². The van der Waals surface area contributed by atoms with E-state index in [-0.39, 0.29) is 6.61 Å². The van der Waals surface area contributed by atoms with Gasteiger partial charge in [-0.2, -0.15) is 8.42 Å². The van der Waals surface area contributed by atoms with E-state index in [2.05, 4.69) is 18.9 Å². The largest absolute Gasteiger partial charge is 0.420 e. The van der Waals surface area contributed by atoms with Crippen LogP contribution in [0.5, 0.6) is 0 Å². The van der Waals surface area contributed by atoms with Crippen molar-refractivity contribution in [1.82, 2.24) is 4.98 Å². The van der Waals surface area contributed by atoms with Crippen molar-refractivity contribution in [3.05, 3.63) is 24.5 Å². The molecule has 14 heavy (non-hydrogen) atoms. The quantitative estimate of drug-likeness (QED) is 0.733. The molecule has 1 N–H and O–H groups in total. The number of rotatable bonds is 5. The number of aromatic nitrogens is 1. The van der Waals surface area contributed by atoms with E-state index < -0.39 is 10.4 Å². The molecule has 0 saturated carbocycles. The van der Waals surface area contributed by atoms with Crippen LogP contribution < -0.4 is 5.48 Å². The Bertz CT molecular complexity index is 365. The molecule has 6 nitrogen and oxygen atoms in total. The zero-order valence-corrected chi connectivity index (χ0v) is 8.32. The van der Waals surface area contributed by atoms with E-state index in [1.54, 1.807) is 19.1 Å². The minimum atomic E-state index is -3.96. The van der Waals surface area contributed by atoms with Gasteiger partial charge in [-0.25, -0.2) is 9.66 Å². The molecule has 1 aromatic heterocycles. The van der Waals surface area contributed by atoms with Crippen LogP contribution >= 0.6 is 0 Å². The lowest BCUT2D eigenvalue weighted by atomic mass is 10.4. The molecule has 1 aromatic rings. The molecule has 0 bridgehead atoms. The molecular weight excluding hydrogens is 208 g/mol. The van der Waals surface area contributed by atoms with E-state index >= 15 is 0 Å². The number of hydrogen-bond donors (Lipinski definition) is 1. The molecule has 0 fully saturated rings. The molecule has 0 atom stereocenters. The van der Waals surface area contributed by atoms with Crippen LogP contribution in [0.3, 0.4) is 0 Å². The van der Waals surface area contributed by atoms with Crippen molar-refractivity contribution in [3.63, 3.8) is 0 Å². The van der Waals surface area contributed by atoms with E-state index in [4.69, 9.17) is 0 Å². The molecule has 0 amide bonds. The lowest BCUT2D eigenvalue weighted by Gasteiger charge is -2.05. The first-order chi connectivity index (χ1) is 6.64. The SMILES string of the molecule is CCOS(=O)(=O)ONc1ccncc1. The van der Waals surface area contributed by atoms with Crippen LogP contribution in [0.15, 0.2) is 24.5 Å². The highest BCUT2D eigenvalue weighted by atomic mass is 32.3. The average Bonchev–Trinajstić information content (AvgIpc) is 2.17. The van der Waals surface area contributed by atoms with E-state index in [1.165, 1.54) is 12.4 Å². The Kier molecular flexibility index (Phi) is 3.81. The molecular formula is C7H10N2O4S. The molecule has 0 unspecified atom stereocenters. The molecule has 1 heterocycles. The minimum Gasteiger partial charge on any atom is -0.265 e. The van der Waals surface area contributed by atoms with Gasteiger partial charge in [0.2, 0.25) is 0 Å². The van der Waals surface area contributed by atoms with Gasteiger partial charge in [-0.15, -0.1) is 4.28 Å². The topological polar surface area (TPSA) is 77.5 Å². The first-order valence-electron chi connectivity index (χ1n) is 3.88. The van der Waals surface area contributed by atoms with E-state index in [0.717, 1.165) is 0 Å². The molecule has 1 rings (SSSR count). The van der Waals surface area contributed by atoms with Gasteiger partial charge in [-0.05, 0) is 19.1 Å². The third-order valence-electron chi connectivity index (χ3n) is 1.20. The van der Waals surface area contributed by atoms with Gasteiger partial charge in [-0.3, -0.25) is 4.98 Å². The summed E-state index contributed by atoms with van der Waals surface area (Å²) in [7, 11) is -3.96. The number of hydrogen-bond acceptors (Lipinski definition) is 6. The lowest BCUT2D eigenvalue weighted by molar-refractivity contribution is 0.252. The van der Waals surface area contributed by atoms with Gasteiger partial charge >= 0.3 is 10.4 Å². The second-order valence-electron chi connectivity index (χ2n) is 2.24. The van der Waals surface area contributed by atoms with Crippen LogP contribution in [0.2, 0.25) is 0 Å². The summed E-state index contributed by atoms with van der Waals surface area (Å²) in [6.45, 7) is 1.58. The summed E-state index contributed by atoms with van der Waals surface area (Å²) in [5.41, 5.74) is 2.69. The highest BCUT2D eigenvalue weighted by molar-refractivity contribution is 7.81. The van der Waals surface area contributed by atoms with Gasteiger partial charge in [0.1, 0.15) is 0 Å². The number of anilines is 1. The van der Waals surface area contributed by atoms with E-state index in [1.807, 2.05) is 0 Å². The standard InChI is InChI=1S/C7H10N2O4S/c1-2-12-14(10,11)13-9-7-3-5-8-6-4-7/h3-6H,2H2,1H3,(H,8,9). The zero-order chi connectivity index (χ0) is 10.4. The molecule has 0 aliphatic heterocycles. The van der Waals surface area contributed by atoms with Gasteiger partial charge in [0.05, 0.1) is 12.3 Å². The van der Waals surface area contributed by atoms with Crippen LogP contribution in [0.25, 0.3) is 0 Å². The first-order valence-corrected chi connectivity index (χ1v) is 5.21. The molecule has 0 spiro atoms. The van der Waals surface area contributed by atoms with Crippen LogP contribution in [0, 0.1) is 0 Å². The highest BCUT2D eigenvalue weighted by Crippen LogP contribution is 2.05. The van der Waals surface area contributed by atoms with Gasteiger partial charge in [0, 0.05) is 12.4 Å². The van der Waals surface area contributed by atoms with E-state index in [0.29, 0.717) is 5.69 Å². The second kappa shape index (κ2) is 4.89. The van der Waals surface area contributed by atoms with Crippen LogP contribution in [0.4, 0.5) is 5.69 Å². The smallest absolute Gasteiger partial charge is 0.265 e. The Morgan fingerprint density at radius 1 is 1.43 bits per heavy atom. The molecule has 0 radical (unpaired) electrons. The maximum atomic E-state index is 10.9. The van der Waals surface area contributed by atoms with Crippen molar-refractivity contribution in [1.29, 1.82) is 0 Å². The summed E-state index contributed by atoms with van der Waals surface area (Å²) in [6, 6.07) is 3.11. The van der Waals surface area contributed by atoms with Crippen molar-refractivity contribution in [2.24, 2.45) is 0 Å². The summed E-state index contributed by atoms with van der Waals surface area (Å²) >= 11 is 0. The Morgan fingerprint density at radius 3 is 2.64 bits per heavy atom. The van der Waals surface area contributed by atoms with Crippen molar-refractivity contribution < 1.29 is 16.9 Å². The fourth-order valence-corrected chi connectivity index (χ4v) is 1.22. The maximum Gasteiger partial charge on any atom is 0.420 e. The Labute approximate surface area is 82.2 Å². The Hall–Kier alpha value is -1.18. The van der Waals surface area contributed by atoms with Crippen molar-refractivity contribution in [2.75, 3.05) is 12.1 Å². The average molecular weight is 218 g/mol. The zero-order valence-electron chi connectivity index (χ0n) is 7.50. The lowest BCUT2D eigenvalue weighted by Crippen LogP contribution is -2.14. The molecule has 0 aromatic carbocycles. The predicted octanol–water partition coefficient (Wildman–Crippen LogP) is 0.706. The van der Waals surface area contributed by atoms with Gasteiger partial charge in [0.15, 0.2) is 0 Å². The van der Waals surface area contributed by atoms with Crippen molar-refractivity contribution >= 4 is 16.1 Å². The summed E-state index contributed by atoms with van der Waals surface area (Å²) in [5.74, 6) is 0. The number of nitrogens with one attached hydrogen (secondary N) is 1. The number of nitrogens with zero attached hydrogens (tertiary/aromatic N) is 1. The minimum absolute atomic E-state index is 0.0281. The summed E-state index contributed by atoms with van der Waals surface area (Å²) in [5, 5.41) is 0. The van der Waals surface area contributed by atoms with Crippen LogP contribution in [-0.2, 0) is 18.9 Å². The summed E-state index contributed by atoms with van der Waals surface area (Å²) in [6.07, 6.45) is 3.00. The third kappa shape index (κ3) is 3.69. The fraction of sp³-hybridized carbons (Fsp3) is 0.286. The molecule has 0 aliphatic rings. The fourth-order valence-electron chi connectivity index (χ4n) is 0.687. The summed E-state index contributed by atoms with van der Waals surface area (Å²) in [4.78, 5) is 3.75. The highest BCUT2D eigenvalue weighted by Gasteiger charge is 2.10. The van der Waals surface area contributed by atoms with Crippen LogP contribution in [-0.4, -0.2) is 20.0 Å². The molecule has 0 aliphatic carbocycles.